The second-order valence-corrected chi connectivity index (χ2v) is 9.84. The van der Waals surface area contributed by atoms with E-state index >= 15 is 0 Å². The number of hydrogen-bond acceptors (Lipinski definition) is 6. The third-order valence-electron chi connectivity index (χ3n) is 3.27. The number of hydrogen-bond donors (Lipinski definition) is 0. The van der Waals surface area contributed by atoms with Crippen molar-refractivity contribution in [3.05, 3.63) is 0 Å². The molecule has 0 amide bonds. The van der Waals surface area contributed by atoms with Gasteiger partial charge in [0.2, 0.25) is 0 Å². The molecule has 7 heteroatoms. The van der Waals surface area contributed by atoms with E-state index in [-0.39, 0.29) is 36.6 Å². The highest BCUT2D eigenvalue weighted by Crippen LogP contribution is 2.26. The van der Waals surface area contributed by atoms with Gasteiger partial charge in [0.15, 0.2) is 0 Å². The molecule has 0 aromatic rings. The molecule has 0 spiro atoms. The van der Waals surface area contributed by atoms with Gasteiger partial charge in [-0.05, 0) is 62.3 Å². The Bertz CT molecular complexity index is 424. The van der Waals surface area contributed by atoms with Gasteiger partial charge < -0.3 is 11.4 Å². The molecule has 0 heterocycles. The van der Waals surface area contributed by atoms with Crippen LogP contribution in [0.3, 0.4) is 0 Å². The van der Waals surface area contributed by atoms with E-state index in [9.17, 15) is 14.4 Å². The number of ketones is 3. The Kier molecular flexibility index (Phi) is 9.17. The van der Waals surface area contributed by atoms with Gasteiger partial charge in [-0.25, -0.2) is 0 Å². The molecular formula is C18H33AlO6. The van der Waals surface area contributed by atoms with Crippen LogP contribution >= 0.6 is 0 Å². The summed E-state index contributed by atoms with van der Waals surface area (Å²) >= 11 is -2.74. The molecule has 0 saturated carbocycles. The van der Waals surface area contributed by atoms with Gasteiger partial charge in [-0.2, -0.15) is 0 Å². The fourth-order valence-electron chi connectivity index (χ4n) is 2.78. The monoisotopic (exact) mass is 372 g/mol. The summed E-state index contributed by atoms with van der Waals surface area (Å²) < 4.78 is 18.1. The van der Waals surface area contributed by atoms with Crippen LogP contribution in [0.5, 0.6) is 0 Å². The van der Waals surface area contributed by atoms with Crippen molar-refractivity contribution in [2.45, 2.75) is 98.4 Å². The third kappa shape index (κ3) is 12.4. The largest absolute Gasteiger partial charge is 0.906 e. The van der Waals surface area contributed by atoms with Crippen LogP contribution in [-0.2, 0) is 25.7 Å². The lowest BCUT2D eigenvalue weighted by molar-refractivity contribution is -0.125. The first-order valence-electron chi connectivity index (χ1n) is 8.55. The summed E-state index contributed by atoms with van der Waals surface area (Å²) in [6.07, 6.45) is 0.677. The summed E-state index contributed by atoms with van der Waals surface area (Å²) in [7, 11) is 0. The molecule has 0 bridgehead atoms. The SMILES string of the molecule is CC(=O)CC(C)(C)[O][Al]([O]C(C)(C)CC(C)=O)[O]C(C)(C)CC(C)=O. The van der Waals surface area contributed by atoms with Gasteiger partial charge in [-0.3, -0.25) is 14.4 Å². The van der Waals surface area contributed by atoms with Crippen molar-refractivity contribution in [2.75, 3.05) is 0 Å². The molecule has 0 unspecified atom stereocenters. The average molecular weight is 372 g/mol. The Hall–Kier alpha value is -0.578. The highest BCUT2D eigenvalue weighted by Gasteiger charge is 2.46. The van der Waals surface area contributed by atoms with Gasteiger partial charge in [-0.1, -0.05) is 0 Å². The number of carbonyl (C=O) groups excluding carboxylic acids is 3. The minimum absolute atomic E-state index is 0.00347. The summed E-state index contributed by atoms with van der Waals surface area (Å²) in [6.45, 7) is 15.3. The predicted molar refractivity (Wildman–Crippen MR) is 97.1 cm³/mol. The molecular weight excluding hydrogens is 339 g/mol. The summed E-state index contributed by atoms with van der Waals surface area (Å²) in [4.78, 5) is 34.4. The van der Waals surface area contributed by atoms with Crippen molar-refractivity contribution in [3.63, 3.8) is 0 Å². The van der Waals surface area contributed by atoms with Crippen LogP contribution in [0.1, 0.15) is 81.6 Å². The van der Waals surface area contributed by atoms with Crippen molar-refractivity contribution in [3.8, 4) is 0 Å². The lowest BCUT2D eigenvalue weighted by Crippen LogP contribution is -2.48. The van der Waals surface area contributed by atoms with E-state index in [4.69, 9.17) is 11.4 Å². The Morgan fingerprint density at radius 2 is 0.800 bits per heavy atom. The van der Waals surface area contributed by atoms with E-state index in [1.807, 2.05) is 0 Å². The fourth-order valence-corrected chi connectivity index (χ4v) is 4.73. The molecule has 0 radical (unpaired) electrons. The molecule has 0 aliphatic carbocycles. The summed E-state index contributed by atoms with van der Waals surface area (Å²) in [5, 5.41) is 0. The molecule has 0 aromatic carbocycles. The van der Waals surface area contributed by atoms with E-state index in [1.54, 1.807) is 41.5 Å². The zero-order chi connectivity index (χ0) is 20.1. The van der Waals surface area contributed by atoms with Gasteiger partial charge in [-0.15, -0.1) is 0 Å². The molecule has 0 aliphatic heterocycles. The van der Waals surface area contributed by atoms with Crippen LogP contribution in [0, 0.1) is 0 Å². The highest BCUT2D eigenvalue weighted by molar-refractivity contribution is 6.37. The van der Waals surface area contributed by atoms with Gasteiger partial charge >= 0.3 is 15.1 Å². The molecule has 25 heavy (non-hydrogen) atoms. The van der Waals surface area contributed by atoms with Crippen LogP contribution in [0.25, 0.3) is 0 Å². The standard InChI is InChI=1S/3C6H11O2.Al/c3*1-5(7)4-6(2,3)8;/h3*4H2,1-3H3;/q3*-1;+3. The molecule has 6 nitrogen and oxygen atoms in total. The molecule has 144 valence electrons. The first kappa shape index (κ1) is 24.4. The maximum Gasteiger partial charge on any atom is 0.906 e. The molecule has 0 aliphatic rings. The normalized spacial score (nSPS) is 12.8. The molecule has 0 aromatic heterocycles. The van der Waals surface area contributed by atoms with Gasteiger partial charge in [0.1, 0.15) is 17.3 Å². The summed E-state index contributed by atoms with van der Waals surface area (Å²) in [5.41, 5.74) is -2.25. The van der Waals surface area contributed by atoms with E-state index in [0.29, 0.717) is 0 Å². The average Bonchev–Trinajstić information content (AvgIpc) is 2.18. The second kappa shape index (κ2) is 9.39. The Morgan fingerprint density at radius 3 is 0.960 bits per heavy atom. The van der Waals surface area contributed by atoms with Crippen LogP contribution in [0.2, 0.25) is 0 Å². The van der Waals surface area contributed by atoms with Gasteiger partial charge in [0, 0.05) is 36.1 Å². The van der Waals surface area contributed by atoms with Crippen molar-refractivity contribution in [1.82, 2.24) is 0 Å². The van der Waals surface area contributed by atoms with Crippen LogP contribution in [0.4, 0.5) is 0 Å². The number of rotatable bonds is 12. The molecule has 0 saturated heterocycles. The van der Waals surface area contributed by atoms with Crippen LogP contribution in [0.15, 0.2) is 0 Å². The molecule has 0 fully saturated rings. The quantitative estimate of drug-likeness (QED) is 0.489. The van der Waals surface area contributed by atoms with Crippen molar-refractivity contribution in [2.24, 2.45) is 0 Å². The van der Waals surface area contributed by atoms with E-state index in [1.165, 1.54) is 20.8 Å². The second-order valence-electron chi connectivity index (χ2n) is 8.56. The first-order valence-corrected chi connectivity index (χ1v) is 9.97. The number of Topliss-reactive ketones (excluding diaryl/α,β-unsaturated/α-hetero) is 3. The molecule has 0 N–H and O–H groups in total. The zero-order valence-electron chi connectivity index (χ0n) is 17.1. The fraction of sp³-hybridized carbons (Fsp3) is 0.833. The lowest BCUT2D eigenvalue weighted by atomic mass is 10.0. The van der Waals surface area contributed by atoms with E-state index in [2.05, 4.69) is 0 Å². The Labute approximate surface area is 157 Å². The van der Waals surface area contributed by atoms with Crippen LogP contribution in [-0.4, -0.2) is 49.3 Å². The number of carbonyl (C=O) groups is 3. The highest BCUT2D eigenvalue weighted by atomic mass is 27.3. The Morgan fingerprint density at radius 1 is 0.600 bits per heavy atom. The van der Waals surface area contributed by atoms with Gasteiger partial charge in [0.25, 0.3) is 0 Å². The Balaban J connectivity index is 5.32. The minimum Gasteiger partial charge on any atom is -0.449 e. The van der Waals surface area contributed by atoms with Crippen molar-refractivity contribution in [1.29, 1.82) is 0 Å². The predicted octanol–water partition coefficient (Wildman–Crippen LogP) is 3.29. The van der Waals surface area contributed by atoms with E-state index in [0.717, 1.165) is 0 Å². The minimum atomic E-state index is -2.74. The van der Waals surface area contributed by atoms with Crippen LogP contribution < -0.4 is 0 Å². The first-order chi connectivity index (χ1) is 11.0. The van der Waals surface area contributed by atoms with Crippen molar-refractivity contribution < 1.29 is 25.7 Å². The summed E-state index contributed by atoms with van der Waals surface area (Å²) in [5.74, 6) is 0.0104. The third-order valence-corrected chi connectivity index (χ3v) is 5.76. The van der Waals surface area contributed by atoms with Crippen molar-refractivity contribution >= 4 is 32.5 Å². The topological polar surface area (TPSA) is 78.9 Å². The summed E-state index contributed by atoms with van der Waals surface area (Å²) in [6, 6.07) is 0. The maximum atomic E-state index is 11.5. The molecule has 0 rings (SSSR count). The van der Waals surface area contributed by atoms with E-state index < -0.39 is 32.0 Å². The zero-order valence-corrected chi connectivity index (χ0v) is 18.3. The lowest BCUT2D eigenvalue weighted by Gasteiger charge is -2.36. The molecule has 0 atom stereocenters. The smallest absolute Gasteiger partial charge is 0.449 e. The van der Waals surface area contributed by atoms with Gasteiger partial charge in [0.05, 0.1) is 0 Å². The maximum absolute atomic E-state index is 11.5.